The van der Waals surface area contributed by atoms with Gasteiger partial charge in [-0.15, -0.1) is 4.73 Å². The molecule has 1 aromatic heterocycles. The molecule has 27 heavy (non-hydrogen) atoms. The van der Waals surface area contributed by atoms with Crippen LogP contribution in [0.15, 0.2) is 12.1 Å². The zero-order valence-electron chi connectivity index (χ0n) is 16.6. The van der Waals surface area contributed by atoms with Crippen LogP contribution in [0.5, 0.6) is 11.8 Å². The molecular formula is C18H30N2O7. The van der Waals surface area contributed by atoms with Gasteiger partial charge in [-0.25, -0.2) is 4.79 Å². The second-order valence-corrected chi connectivity index (χ2v) is 7.24. The smallest absolute Gasteiger partial charge is 0.336 e. The predicted molar refractivity (Wildman–Crippen MR) is 97.3 cm³/mol. The fourth-order valence-electron chi connectivity index (χ4n) is 2.05. The molecule has 1 aromatic rings. The predicted octanol–water partition coefficient (Wildman–Crippen LogP) is 1.17. The van der Waals surface area contributed by atoms with E-state index in [0.717, 1.165) is 6.54 Å². The van der Waals surface area contributed by atoms with Crippen molar-refractivity contribution in [3.63, 3.8) is 0 Å². The van der Waals surface area contributed by atoms with Gasteiger partial charge in [-0.1, -0.05) is 6.92 Å². The lowest BCUT2D eigenvalue weighted by molar-refractivity contribution is -0.156. The van der Waals surface area contributed by atoms with Crippen LogP contribution >= 0.6 is 0 Å². The maximum Gasteiger partial charge on any atom is 0.336 e. The summed E-state index contributed by atoms with van der Waals surface area (Å²) in [5.74, 6) is -2.96. The fourth-order valence-corrected chi connectivity index (χ4v) is 2.05. The summed E-state index contributed by atoms with van der Waals surface area (Å²) in [4.78, 5) is 30.7. The number of hydrogen-bond donors (Lipinski definition) is 2. The lowest BCUT2D eigenvalue weighted by Gasteiger charge is -2.26. The lowest BCUT2D eigenvalue weighted by atomic mass is 10.1. The minimum Gasteiger partial charge on any atom is -0.492 e. The van der Waals surface area contributed by atoms with Gasteiger partial charge in [0.1, 0.15) is 0 Å². The Hall–Kier alpha value is -2.26. The number of carbonyl (C=O) groups is 2. The Balaban J connectivity index is 2.33. The molecule has 0 saturated carbocycles. The van der Waals surface area contributed by atoms with Crippen LogP contribution in [0.1, 0.15) is 33.6 Å². The highest BCUT2D eigenvalue weighted by Crippen LogP contribution is 2.20. The van der Waals surface area contributed by atoms with Gasteiger partial charge in [-0.3, -0.25) is 4.79 Å². The number of likely N-dealkylation sites (N-methyl/N-ethyl adjacent to an activating group) is 1. The molecule has 0 aromatic carbocycles. The Morgan fingerprint density at radius 3 is 2.33 bits per heavy atom. The normalized spacial score (nSPS) is 12.8. The van der Waals surface area contributed by atoms with E-state index < -0.39 is 35.2 Å². The SMILES string of the molecule is CC(CC(=O)OCCC(C)(C)OCCN(C)C)C(=O)On1c(O)ccc1O. The lowest BCUT2D eigenvalue weighted by Crippen LogP contribution is -2.31. The van der Waals surface area contributed by atoms with Crippen molar-refractivity contribution in [1.82, 2.24) is 9.63 Å². The summed E-state index contributed by atoms with van der Waals surface area (Å²) in [6.07, 6.45) is 0.347. The molecule has 0 fully saturated rings. The number of esters is 1. The van der Waals surface area contributed by atoms with Gasteiger partial charge in [-0.2, -0.15) is 0 Å². The molecule has 154 valence electrons. The molecule has 0 radical (unpaired) electrons. The van der Waals surface area contributed by atoms with Crippen LogP contribution in [-0.4, -0.2) is 71.2 Å². The summed E-state index contributed by atoms with van der Waals surface area (Å²) in [5, 5.41) is 18.9. The number of aromatic hydroxyl groups is 2. The number of hydrogen-bond acceptors (Lipinski definition) is 8. The summed E-state index contributed by atoms with van der Waals surface area (Å²) in [7, 11) is 3.92. The molecule has 1 atom stereocenters. The largest absolute Gasteiger partial charge is 0.492 e. The molecule has 0 bridgehead atoms. The first kappa shape index (κ1) is 22.8. The molecule has 2 N–H and O–H groups in total. The quantitative estimate of drug-likeness (QED) is 0.545. The molecule has 1 unspecified atom stereocenters. The monoisotopic (exact) mass is 386 g/mol. The van der Waals surface area contributed by atoms with Gasteiger partial charge in [0, 0.05) is 25.1 Å². The first-order valence-corrected chi connectivity index (χ1v) is 8.78. The van der Waals surface area contributed by atoms with E-state index in [9.17, 15) is 19.8 Å². The Morgan fingerprint density at radius 1 is 1.19 bits per heavy atom. The van der Waals surface area contributed by atoms with Crippen molar-refractivity contribution < 1.29 is 34.1 Å². The van der Waals surface area contributed by atoms with Gasteiger partial charge in [0.05, 0.1) is 31.2 Å². The van der Waals surface area contributed by atoms with Crippen LogP contribution in [-0.2, 0) is 19.1 Å². The zero-order chi connectivity index (χ0) is 20.6. The van der Waals surface area contributed by atoms with Crippen LogP contribution in [0.3, 0.4) is 0 Å². The van der Waals surface area contributed by atoms with E-state index in [1.54, 1.807) is 0 Å². The van der Waals surface area contributed by atoms with Crippen molar-refractivity contribution in [3.05, 3.63) is 12.1 Å². The van der Waals surface area contributed by atoms with Crippen LogP contribution < -0.4 is 4.84 Å². The van der Waals surface area contributed by atoms with Gasteiger partial charge in [-0.05, 0) is 27.9 Å². The molecule has 0 amide bonds. The molecule has 0 aliphatic heterocycles. The third kappa shape index (κ3) is 8.31. The first-order valence-electron chi connectivity index (χ1n) is 8.78. The highest BCUT2D eigenvalue weighted by atomic mass is 16.7. The molecule has 0 aliphatic carbocycles. The van der Waals surface area contributed by atoms with E-state index in [0.29, 0.717) is 17.8 Å². The summed E-state index contributed by atoms with van der Waals surface area (Å²) < 4.78 is 11.5. The number of rotatable bonds is 11. The Morgan fingerprint density at radius 2 is 1.78 bits per heavy atom. The Labute approximate surface area is 159 Å². The van der Waals surface area contributed by atoms with Crippen molar-refractivity contribution in [2.45, 2.75) is 39.2 Å². The van der Waals surface area contributed by atoms with Crippen molar-refractivity contribution in [2.75, 3.05) is 33.9 Å². The van der Waals surface area contributed by atoms with E-state index in [1.165, 1.54) is 19.1 Å². The van der Waals surface area contributed by atoms with E-state index in [4.69, 9.17) is 14.3 Å². The highest BCUT2D eigenvalue weighted by molar-refractivity contribution is 5.79. The van der Waals surface area contributed by atoms with Gasteiger partial charge in [0.15, 0.2) is 0 Å². The molecule has 9 nitrogen and oxygen atoms in total. The maximum atomic E-state index is 12.0. The minimum absolute atomic E-state index is 0.175. The van der Waals surface area contributed by atoms with Crippen LogP contribution in [0, 0.1) is 5.92 Å². The van der Waals surface area contributed by atoms with Crippen molar-refractivity contribution in [2.24, 2.45) is 5.92 Å². The average Bonchev–Trinajstić information content (AvgIpc) is 2.85. The van der Waals surface area contributed by atoms with E-state index in [2.05, 4.69) is 0 Å². The maximum absolute atomic E-state index is 12.0. The standard InChI is InChI=1S/C18H30N2O7/c1-13(17(24)27-20-14(21)6-7-15(20)22)12-16(23)25-10-8-18(2,3)26-11-9-19(4)5/h6-7,13,21-22H,8-12H2,1-5H3. The zero-order valence-corrected chi connectivity index (χ0v) is 16.6. The van der Waals surface area contributed by atoms with Gasteiger partial charge < -0.3 is 29.4 Å². The minimum atomic E-state index is -0.803. The third-order valence-electron chi connectivity index (χ3n) is 3.85. The van der Waals surface area contributed by atoms with Crippen LogP contribution in [0.2, 0.25) is 0 Å². The van der Waals surface area contributed by atoms with E-state index in [1.807, 2.05) is 32.8 Å². The molecule has 0 aliphatic rings. The summed E-state index contributed by atoms with van der Waals surface area (Å²) in [5.41, 5.74) is -0.426. The Kier molecular flexibility index (Phi) is 8.58. The molecule has 9 heteroatoms. The number of carbonyl (C=O) groups excluding carboxylic acids is 2. The summed E-state index contributed by atoms with van der Waals surface area (Å²) in [6.45, 7) is 6.90. The second-order valence-electron chi connectivity index (χ2n) is 7.24. The fraction of sp³-hybridized carbons (Fsp3) is 0.667. The number of aromatic nitrogens is 1. The van der Waals surface area contributed by atoms with Gasteiger partial charge >= 0.3 is 11.9 Å². The summed E-state index contributed by atoms with van der Waals surface area (Å²) >= 11 is 0. The number of nitrogens with zero attached hydrogens (tertiary/aromatic N) is 2. The average molecular weight is 386 g/mol. The van der Waals surface area contributed by atoms with Gasteiger partial charge in [0.2, 0.25) is 11.8 Å². The molecule has 1 heterocycles. The van der Waals surface area contributed by atoms with E-state index >= 15 is 0 Å². The first-order chi connectivity index (χ1) is 12.5. The van der Waals surface area contributed by atoms with Crippen molar-refractivity contribution in [3.8, 4) is 11.8 Å². The van der Waals surface area contributed by atoms with Gasteiger partial charge in [0.25, 0.3) is 0 Å². The van der Waals surface area contributed by atoms with Crippen molar-refractivity contribution >= 4 is 11.9 Å². The van der Waals surface area contributed by atoms with E-state index in [-0.39, 0.29) is 13.0 Å². The second kappa shape index (κ2) is 10.2. The Bertz CT molecular complexity index is 606. The van der Waals surface area contributed by atoms with Crippen LogP contribution in [0.4, 0.5) is 0 Å². The molecule has 1 rings (SSSR count). The summed E-state index contributed by atoms with van der Waals surface area (Å²) in [6, 6.07) is 2.34. The topological polar surface area (TPSA) is 110 Å². The number of ether oxygens (including phenoxy) is 2. The molecular weight excluding hydrogens is 356 g/mol. The van der Waals surface area contributed by atoms with Crippen molar-refractivity contribution in [1.29, 1.82) is 0 Å². The molecule has 0 saturated heterocycles. The van der Waals surface area contributed by atoms with Crippen LogP contribution in [0.25, 0.3) is 0 Å². The molecule has 0 spiro atoms. The third-order valence-corrected chi connectivity index (χ3v) is 3.85. The highest BCUT2D eigenvalue weighted by Gasteiger charge is 2.24.